The van der Waals surface area contributed by atoms with E-state index in [2.05, 4.69) is 39.0 Å². The van der Waals surface area contributed by atoms with Crippen molar-refractivity contribution in [1.82, 2.24) is 24.6 Å². The lowest BCUT2D eigenvalue weighted by Crippen LogP contribution is -2.47. The number of carbonyl (C=O) groups is 1. The lowest BCUT2D eigenvalue weighted by molar-refractivity contribution is 0.00493. The van der Waals surface area contributed by atoms with Crippen LogP contribution in [0.3, 0.4) is 0 Å². The van der Waals surface area contributed by atoms with Crippen LogP contribution in [0, 0.1) is 18.3 Å². The van der Waals surface area contributed by atoms with Crippen LogP contribution >= 0.6 is 12.4 Å². The minimum absolute atomic E-state index is 0. The summed E-state index contributed by atoms with van der Waals surface area (Å²) in [6, 6.07) is 11.0. The molecule has 0 unspecified atom stereocenters. The molecular formula is C30H37ClN6O2. The van der Waals surface area contributed by atoms with Gasteiger partial charge in [-0.25, -0.2) is 9.67 Å². The number of aryl methyl sites for hydroxylation is 1. The van der Waals surface area contributed by atoms with Crippen molar-refractivity contribution in [1.29, 1.82) is 5.26 Å². The molecule has 0 radical (unpaired) electrons. The number of pyridine rings is 2. The molecule has 3 aromatic heterocycles. The third-order valence-electron chi connectivity index (χ3n) is 8.14. The third kappa shape index (κ3) is 6.22. The molecule has 8 nitrogen and oxygen atoms in total. The quantitative estimate of drug-likeness (QED) is 0.373. The highest BCUT2D eigenvalue weighted by Gasteiger charge is 2.40. The van der Waals surface area contributed by atoms with Gasteiger partial charge in [0.25, 0.3) is 0 Å². The molecule has 4 heterocycles. The van der Waals surface area contributed by atoms with Gasteiger partial charge in [-0.05, 0) is 62.3 Å². The third-order valence-corrected chi connectivity index (χ3v) is 8.14. The Morgan fingerprint density at radius 3 is 2.41 bits per heavy atom. The number of nitriles is 1. The standard InChI is InChI=1S/C30H36N6O2.ClH/c1-3-4-23-6-8-29(33-18-23)36-22(2)26(20-34-36)27(37)17-24-5-7-28(32-19-24)30(21-31)11-9-25(10-12-30)35-13-15-38-16-14-35;/h5-8,18-20,25H,3-4,9-17H2,1-2H3;1H. The first kappa shape index (κ1) is 28.9. The van der Waals surface area contributed by atoms with Gasteiger partial charge in [-0.1, -0.05) is 25.5 Å². The van der Waals surface area contributed by atoms with Crippen molar-refractivity contribution in [2.24, 2.45) is 0 Å². The van der Waals surface area contributed by atoms with E-state index in [4.69, 9.17) is 4.74 Å². The van der Waals surface area contributed by atoms with Gasteiger partial charge in [0.1, 0.15) is 0 Å². The molecule has 0 aromatic carbocycles. The Morgan fingerprint density at radius 2 is 1.79 bits per heavy atom. The van der Waals surface area contributed by atoms with E-state index in [9.17, 15) is 10.1 Å². The molecule has 1 aliphatic carbocycles. The summed E-state index contributed by atoms with van der Waals surface area (Å²) in [7, 11) is 0. The number of nitrogens with zero attached hydrogens (tertiary/aromatic N) is 6. The molecule has 0 atom stereocenters. The fourth-order valence-corrected chi connectivity index (χ4v) is 5.81. The van der Waals surface area contributed by atoms with Crippen LogP contribution in [0.5, 0.6) is 0 Å². The fourth-order valence-electron chi connectivity index (χ4n) is 5.81. The molecule has 0 bridgehead atoms. The molecule has 5 rings (SSSR count). The lowest BCUT2D eigenvalue weighted by Gasteiger charge is -2.41. The van der Waals surface area contributed by atoms with E-state index in [0.29, 0.717) is 17.4 Å². The summed E-state index contributed by atoms with van der Waals surface area (Å²) < 4.78 is 7.21. The van der Waals surface area contributed by atoms with E-state index in [-0.39, 0.29) is 24.6 Å². The van der Waals surface area contributed by atoms with Gasteiger partial charge in [0.15, 0.2) is 11.6 Å². The monoisotopic (exact) mass is 548 g/mol. The van der Waals surface area contributed by atoms with Crippen molar-refractivity contribution >= 4 is 18.2 Å². The summed E-state index contributed by atoms with van der Waals surface area (Å²) in [6.07, 6.45) is 11.2. The van der Waals surface area contributed by atoms with Gasteiger partial charge in [-0.15, -0.1) is 12.4 Å². The molecular weight excluding hydrogens is 512 g/mol. The van der Waals surface area contributed by atoms with Crippen molar-refractivity contribution in [3.05, 3.63) is 70.9 Å². The SMILES string of the molecule is CCCc1ccc(-n2ncc(C(=O)Cc3ccc(C4(C#N)CCC(N5CCOCC5)CC4)nc3)c2C)nc1.Cl. The molecule has 1 aliphatic heterocycles. The maximum Gasteiger partial charge on any atom is 0.170 e. The molecule has 39 heavy (non-hydrogen) atoms. The summed E-state index contributed by atoms with van der Waals surface area (Å²) >= 11 is 0. The fraction of sp³-hybridized carbons (Fsp3) is 0.500. The highest BCUT2D eigenvalue weighted by atomic mass is 35.5. The zero-order chi connectivity index (χ0) is 26.5. The van der Waals surface area contributed by atoms with Gasteiger partial charge in [0.05, 0.1) is 47.8 Å². The molecule has 206 valence electrons. The van der Waals surface area contributed by atoms with Crippen molar-refractivity contribution < 1.29 is 9.53 Å². The number of rotatable bonds is 8. The van der Waals surface area contributed by atoms with Gasteiger partial charge in [0.2, 0.25) is 0 Å². The predicted molar refractivity (Wildman–Crippen MR) is 152 cm³/mol. The average Bonchev–Trinajstić information content (AvgIpc) is 3.36. The van der Waals surface area contributed by atoms with Gasteiger partial charge >= 0.3 is 0 Å². The van der Waals surface area contributed by atoms with E-state index in [1.54, 1.807) is 17.1 Å². The van der Waals surface area contributed by atoms with Crippen molar-refractivity contribution in [2.45, 2.75) is 70.3 Å². The van der Waals surface area contributed by atoms with E-state index in [0.717, 1.165) is 81.8 Å². The number of Topliss-reactive ketones (excluding diaryl/α,β-unsaturated/α-hetero) is 1. The van der Waals surface area contributed by atoms with Crippen LogP contribution in [0.15, 0.2) is 42.9 Å². The van der Waals surface area contributed by atoms with Gasteiger partial charge in [-0.3, -0.25) is 14.7 Å². The summed E-state index contributed by atoms with van der Waals surface area (Å²) in [4.78, 5) is 24.9. The highest BCUT2D eigenvalue weighted by molar-refractivity contribution is 5.98. The van der Waals surface area contributed by atoms with Crippen LogP contribution in [0.1, 0.15) is 71.9 Å². The van der Waals surface area contributed by atoms with Crippen molar-refractivity contribution in [3.8, 4) is 11.9 Å². The minimum atomic E-state index is -0.553. The Hall–Kier alpha value is -3.12. The number of halogens is 1. The number of hydrogen-bond acceptors (Lipinski definition) is 7. The second kappa shape index (κ2) is 12.8. The number of carbonyl (C=O) groups excluding carboxylic acids is 1. The number of aromatic nitrogens is 4. The smallest absolute Gasteiger partial charge is 0.170 e. The predicted octanol–water partition coefficient (Wildman–Crippen LogP) is 4.81. The zero-order valence-corrected chi connectivity index (χ0v) is 23.6. The van der Waals surface area contributed by atoms with Crippen LogP contribution in [0.25, 0.3) is 5.82 Å². The lowest BCUT2D eigenvalue weighted by atomic mass is 9.71. The molecule has 0 spiro atoms. The number of hydrogen-bond donors (Lipinski definition) is 0. The topological polar surface area (TPSA) is 96.9 Å². The van der Waals surface area contributed by atoms with Crippen molar-refractivity contribution in [3.63, 3.8) is 0 Å². The van der Waals surface area contributed by atoms with Crippen LogP contribution in [0.4, 0.5) is 0 Å². The number of ketones is 1. The summed E-state index contributed by atoms with van der Waals surface area (Å²) in [5.41, 5.74) is 3.65. The number of ether oxygens (including phenoxy) is 1. The largest absolute Gasteiger partial charge is 0.379 e. The van der Waals surface area contributed by atoms with Crippen LogP contribution < -0.4 is 0 Å². The molecule has 1 saturated carbocycles. The minimum Gasteiger partial charge on any atom is -0.379 e. The first-order chi connectivity index (χ1) is 18.5. The van der Waals surface area contributed by atoms with Gasteiger partial charge in [0, 0.05) is 37.9 Å². The van der Waals surface area contributed by atoms with Gasteiger partial charge in [-0.2, -0.15) is 10.4 Å². The average molecular weight is 549 g/mol. The molecule has 2 aliphatic rings. The molecule has 2 fully saturated rings. The summed E-state index contributed by atoms with van der Waals surface area (Å²) in [5, 5.41) is 14.6. The maximum atomic E-state index is 13.1. The Bertz CT molecular complexity index is 1280. The van der Waals surface area contributed by atoms with E-state index in [1.807, 2.05) is 31.3 Å². The van der Waals surface area contributed by atoms with Crippen molar-refractivity contribution in [2.75, 3.05) is 26.3 Å². The Morgan fingerprint density at radius 1 is 1.08 bits per heavy atom. The molecule has 3 aromatic rings. The van der Waals surface area contributed by atoms with Crippen LogP contribution in [-0.2, 0) is 23.0 Å². The van der Waals surface area contributed by atoms with E-state index >= 15 is 0 Å². The zero-order valence-electron chi connectivity index (χ0n) is 22.8. The second-order valence-electron chi connectivity index (χ2n) is 10.6. The molecule has 1 saturated heterocycles. The molecule has 0 amide bonds. The van der Waals surface area contributed by atoms with E-state index < -0.39 is 5.41 Å². The van der Waals surface area contributed by atoms with Crippen LogP contribution in [0.2, 0.25) is 0 Å². The van der Waals surface area contributed by atoms with Crippen LogP contribution in [-0.4, -0.2) is 62.8 Å². The Labute approximate surface area is 236 Å². The molecule has 9 heteroatoms. The first-order valence-corrected chi connectivity index (χ1v) is 13.7. The highest BCUT2D eigenvalue weighted by Crippen LogP contribution is 2.39. The second-order valence-corrected chi connectivity index (χ2v) is 10.6. The Kier molecular flexibility index (Phi) is 9.49. The van der Waals surface area contributed by atoms with E-state index in [1.165, 1.54) is 5.56 Å². The normalized spacial score (nSPS) is 21.6. The molecule has 0 N–H and O–H groups in total. The Balaban J connectivity index is 0.00000353. The summed E-state index contributed by atoms with van der Waals surface area (Å²) in [5.74, 6) is 0.699. The number of morpholine rings is 1. The first-order valence-electron chi connectivity index (χ1n) is 13.7. The maximum absolute atomic E-state index is 13.1. The summed E-state index contributed by atoms with van der Waals surface area (Å²) in [6.45, 7) is 7.59. The van der Waals surface area contributed by atoms with Gasteiger partial charge < -0.3 is 4.74 Å².